The van der Waals surface area contributed by atoms with E-state index in [4.69, 9.17) is 11.6 Å². The van der Waals surface area contributed by atoms with Gasteiger partial charge >= 0.3 is 0 Å². The highest BCUT2D eigenvalue weighted by Crippen LogP contribution is 2.32. The Morgan fingerprint density at radius 1 is 1.31 bits per heavy atom. The fourth-order valence-electron chi connectivity index (χ4n) is 2.61. The van der Waals surface area contributed by atoms with Gasteiger partial charge in [-0.2, -0.15) is 0 Å². The molecule has 0 aliphatic carbocycles. The van der Waals surface area contributed by atoms with E-state index in [0.29, 0.717) is 31.0 Å². The van der Waals surface area contributed by atoms with Crippen LogP contribution in [0.3, 0.4) is 0 Å². The van der Waals surface area contributed by atoms with Gasteiger partial charge in [0.15, 0.2) is 0 Å². The molecule has 1 fully saturated rings. The first-order valence-corrected chi connectivity index (χ1v) is 9.94. The number of benzene rings is 1. The summed E-state index contributed by atoms with van der Waals surface area (Å²) >= 11 is 7.82. The summed E-state index contributed by atoms with van der Waals surface area (Å²) in [7, 11) is 0. The number of hydrazine groups is 1. The number of halogens is 3. The lowest BCUT2D eigenvalue weighted by molar-refractivity contribution is -0.133. The number of carbonyl (C=O) groups excluding carboxylic acids is 1. The largest absolute Gasteiger partial charge is 0.327 e. The number of anilines is 1. The highest BCUT2D eigenvalue weighted by Gasteiger charge is 2.23. The third-order valence-corrected chi connectivity index (χ3v) is 5.71. The van der Waals surface area contributed by atoms with Gasteiger partial charge in [-0.3, -0.25) is 14.8 Å². The van der Waals surface area contributed by atoms with E-state index in [1.54, 1.807) is 11.9 Å². The van der Waals surface area contributed by atoms with Gasteiger partial charge in [0.2, 0.25) is 6.41 Å². The molecular weight excluding hydrogens is 380 g/mol. The van der Waals surface area contributed by atoms with Gasteiger partial charge in [0.1, 0.15) is 16.8 Å². The maximum Gasteiger partial charge on any atom is 0.228 e. The smallest absolute Gasteiger partial charge is 0.228 e. The first-order chi connectivity index (χ1) is 12.3. The Hall–Kier alpha value is -1.47. The van der Waals surface area contributed by atoms with Crippen LogP contribution in [0.4, 0.5) is 14.5 Å². The van der Waals surface area contributed by atoms with Crippen LogP contribution < -0.4 is 4.72 Å². The van der Waals surface area contributed by atoms with E-state index >= 15 is 0 Å². The lowest BCUT2D eigenvalue weighted by Gasteiger charge is -2.37. The van der Waals surface area contributed by atoms with Crippen LogP contribution in [0.5, 0.6) is 0 Å². The molecule has 0 unspecified atom stereocenters. The number of nitrogens with zero attached hydrogens (tertiary/aromatic N) is 2. The van der Waals surface area contributed by atoms with E-state index in [-0.39, 0.29) is 16.4 Å². The van der Waals surface area contributed by atoms with Crippen molar-refractivity contribution in [2.75, 3.05) is 23.6 Å². The van der Waals surface area contributed by atoms with Crippen LogP contribution in [0.15, 0.2) is 17.3 Å². The fourth-order valence-corrected chi connectivity index (χ4v) is 3.62. The fraction of sp³-hybridized carbons (Fsp3) is 0.500. The predicted octanol–water partition coefficient (Wildman–Crippen LogP) is 5.08. The van der Waals surface area contributed by atoms with Crippen molar-refractivity contribution in [3.05, 3.63) is 34.5 Å². The zero-order valence-corrected chi connectivity index (χ0v) is 16.8. The van der Waals surface area contributed by atoms with Crippen molar-refractivity contribution < 1.29 is 13.6 Å². The SMILES string of the molecule is C/C(=C(/Cl)N1CCCCN1C=O)c1cc(NSCC(C)C)c(F)cc1F. The molecule has 0 bridgehead atoms. The lowest BCUT2D eigenvalue weighted by Crippen LogP contribution is -2.44. The molecule has 1 aromatic rings. The van der Waals surface area contributed by atoms with Crippen molar-refractivity contribution in [2.45, 2.75) is 33.6 Å². The summed E-state index contributed by atoms with van der Waals surface area (Å²) < 4.78 is 31.4. The molecule has 1 aliphatic rings. The normalized spacial score (nSPS) is 16.0. The second kappa shape index (κ2) is 9.46. The van der Waals surface area contributed by atoms with Gasteiger partial charge in [-0.25, -0.2) is 8.78 Å². The number of amides is 1. The number of hydrogen-bond acceptors (Lipinski definition) is 4. The van der Waals surface area contributed by atoms with E-state index in [2.05, 4.69) is 18.6 Å². The quantitative estimate of drug-likeness (QED) is 0.391. The van der Waals surface area contributed by atoms with Crippen molar-refractivity contribution in [2.24, 2.45) is 5.92 Å². The van der Waals surface area contributed by atoms with Crippen LogP contribution >= 0.6 is 23.5 Å². The molecule has 1 aliphatic heterocycles. The van der Waals surface area contributed by atoms with Crippen molar-refractivity contribution in [1.29, 1.82) is 0 Å². The molecule has 0 radical (unpaired) electrons. The Kier molecular flexibility index (Phi) is 7.58. The Balaban J connectivity index is 2.31. The molecule has 144 valence electrons. The molecule has 1 amide bonds. The highest BCUT2D eigenvalue weighted by atomic mass is 35.5. The summed E-state index contributed by atoms with van der Waals surface area (Å²) in [5.74, 6) is -0.102. The zero-order chi connectivity index (χ0) is 19.3. The van der Waals surface area contributed by atoms with Crippen LogP contribution in [0.1, 0.15) is 39.2 Å². The minimum Gasteiger partial charge on any atom is -0.327 e. The summed E-state index contributed by atoms with van der Waals surface area (Å²) in [5.41, 5.74) is 0.872. The maximum absolute atomic E-state index is 14.4. The Bertz CT molecular complexity index is 685. The second-order valence-corrected chi connectivity index (χ2v) is 7.82. The molecular formula is C18H24ClF2N3OS. The molecule has 0 saturated carbocycles. The third-order valence-electron chi connectivity index (χ3n) is 4.03. The molecule has 26 heavy (non-hydrogen) atoms. The first-order valence-electron chi connectivity index (χ1n) is 8.58. The maximum atomic E-state index is 14.4. The van der Waals surface area contributed by atoms with E-state index in [9.17, 15) is 13.6 Å². The molecule has 0 spiro atoms. The van der Waals surface area contributed by atoms with Crippen molar-refractivity contribution in [3.63, 3.8) is 0 Å². The number of rotatable bonds is 7. The monoisotopic (exact) mass is 403 g/mol. The van der Waals surface area contributed by atoms with Gasteiger partial charge in [-0.1, -0.05) is 37.4 Å². The average Bonchev–Trinajstić information content (AvgIpc) is 2.62. The van der Waals surface area contributed by atoms with Gasteiger partial charge in [-0.05, 0) is 37.3 Å². The molecule has 1 aromatic carbocycles. The van der Waals surface area contributed by atoms with E-state index < -0.39 is 11.6 Å². The van der Waals surface area contributed by atoms with Crippen molar-refractivity contribution >= 4 is 41.2 Å². The first kappa shape index (κ1) is 20.8. The van der Waals surface area contributed by atoms with Crippen LogP contribution in [-0.4, -0.2) is 35.3 Å². The molecule has 2 rings (SSSR count). The van der Waals surface area contributed by atoms with Crippen LogP contribution in [0.2, 0.25) is 0 Å². The summed E-state index contributed by atoms with van der Waals surface area (Å²) in [6, 6.07) is 2.28. The summed E-state index contributed by atoms with van der Waals surface area (Å²) in [5, 5.41) is 3.38. The van der Waals surface area contributed by atoms with Crippen molar-refractivity contribution in [1.82, 2.24) is 10.0 Å². The Morgan fingerprint density at radius 3 is 2.65 bits per heavy atom. The van der Waals surface area contributed by atoms with Gasteiger partial charge in [0.25, 0.3) is 0 Å². The van der Waals surface area contributed by atoms with E-state index in [0.717, 1.165) is 24.7 Å². The van der Waals surface area contributed by atoms with Crippen LogP contribution in [0.25, 0.3) is 5.57 Å². The lowest BCUT2D eigenvalue weighted by atomic mass is 10.1. The standard InChI is InChI=1S/C18H24ClF2N3OS/c1-12(2)10-26-22-17-8-14(15(20)9-16(17)21)13(3)18(19)24-7-5-4-6-23(24)11-25/h8-9,11-12,22H,4-7,10H2,1-3H3/b18-13+. The average molecular weight is 404 g/mol. The summed E-state index contributed by atoms with van der Waals surface area (Å²) in [6.45, 7) is 6.93. The predicted molar refractivity (Wildman–Crippen MR) is 104 cm³/mol. The molecule has 8 heteroatoms. The molecule has 0 aromatic heterocycles. The topological polar surface area (TPSA) is 35.6 Å². The number of allylic oxidation sites excluding steroid dienone is 1. The Labute approximate surface area is 162 Å². The summed E-state index contributed by atoms with van der Waals surface area (Å²) in [4.78, 5) is 11.2. The highest BCUT2D eigenvalue weighted by molar-refractivity contribution is 8.00. The number of hydrogen-bond donors (Lipinski definition) is 1. The van der Waals surface area contributed by atoms with Gasteiger partial charge in [0.05, 0.1) is 5.69 Å². The molecule has 1 saturated heterocycles. The second-order valence-electron chi connectivity index (χ2n) is 6.63. The molecule has 0 atom stereocenters. The minimum absolute atomic E-state index is 0.209. The summed E-state index contributed by atoms with van der Waals surface area (Å²) in [6.07, 6.45) is 2.49. The van der Waals surface area contributed by atoms with Crippen LogP contribution in [0, 0.1) is 17.6 Å². The van der Waals surface area contributed by atoms with E-state index in [1.165, 1.54) is 23.0 Å². The Morgan fingerprint density at radius 2 is 2.00 bits per heavy atom. The number of carbonyl (C=O) groups is 1. The molecule has 1 heterocycles. The molecule has 4 nitrogen and oxygen atoms in total. The minimum atomic E-state index is -0.688. The zero-order valence-electron chi connectivity index (χ0n) is 15.2. The molecule has 1 N–H and O–H groups in total. The van der Waals surface area contributed by atoms with Crippen molar-refractivity contribution in [3.8, 4) is 0 Å². The van der Waals surface area contributed by atoms with E-state index in [1.807, 2.05) is 0 Å². The third kappa shape index (κ3) is 5.04. The van der Waals surface area contributed by atoms with Crippen LogP contribution in [-0.2, 0) is 4.79 Å². The van der Waals surface area contributed by atoms with Gasteiger partial charge in [0, 0.05) is 30.5 Å². The van der Waals surface area contributed by atoms with Gasteiger partial charge in [-0.15, -0.1) is 0 Å². The van der Waals surface area contributed by atoms with Gasteiger partial charge < -0.3 is 4.72 Å². The number of nitrogens with one attached hydrogen (secondary N) is 1.